The molecule has 11 heteroatoms. The maximum absolute atomic E-state index is 13.2. The summed E-state index contributed by atoms with van der Waals surface area (Å²) in [5, 5.41) is 7.57. The highest BCUT2D eigenvalue weighted by Gasteiger charge is 2.31. The largest absolute Gasteiger partial charge is 0.573 e. The van der Waals surface area contributed by atoms with E-state index in [2.05, 4.69) is 15.2 Å². The molecule has 1 aromatic carbocycles. The van der Waals surface area contributed by atoms with E-state index >= 15 is 0 Å². The molecule has 0 unspecified atom stereocenters. The minimum atomic E-state index is -4.81. The number of alkyl halides is 3. The molecular formula is C25H25F3N4O4. The molecule has 0 bridgehead atoms. The highest BCUT2D eigenvalue weighted by atomic mass is 19.4. The summed E-state index contributed by atoms with van der Waals surface area (Å²) >= 11 is 0. The van der Waals surface area contributed by atoms with Crippen LogP contribution in [-0.2, 0) is 24.1 Å². The van der Waals surface area contributed by atoms with Gasteiger partial charge in [0.25, 0.3) is 11.1 Å². The zero-order chi connectivity index (χ0) is 25.3. The lowest BCUT2D eigenvalue weighted by molar-refractivity contribution is -0.274. The monoisotopic (exact) mass is 502 g/mol. The van der Waals surface area contributed by atoms with Gasteiger partial charge in [0, 0.05) is 23.9 Å². The van der Waals surface area contributed by atoms with Crippen LogP contribution >= 0.6 is 0 Å². The smallest absolute Gasteiger partial charge is 0.406 e. The Balaban J connectivity index is 1.46. The average molecular weight is 502 g/mol. The first-order chi connectivity index (χ1) is 17.3. The van der Waals surface area contributed by atoms with E-state index in [1.165, 1.54) is 12.1 Å². The van der Waals surface area contributed by atoms with Gasteiger partial charge in [0.1, 0.15) is 11.4 Å². The first-order valence-electron chi connectivity index (χ1n) is 11.9. The summed E-state index contributed by atoms with van der Waals surface area (Å²) in [5.41, 5.74) is 1.36. The summed E-state index contributed by atoms with van der Waals surface area (Å²) in [4.78, 5) is 26.3. The lowest BCUT2D eigenvalue weighted by Crippen LogP contribution is -2.31. The van der Waals surface area contributed by atoms with Gasteiger partial charge in [0.2, 0.25) is 0 Å². The molecule has 0 saturated carbocycles. The maximum Gasteiger partial charge on any atom is 0.573 e. The molecule has 1 fully saturated rings. The van der Waals surface area contributed by atoms with Gasteiger partial charge in [-0.05, 0) is 74.9 Å². The van der Waals surface area contributed by atoms with Gasteiger partial charge in [-0.15, -0.1) is 18.3 Å². The topological polar surface area (TPSA) is 87.4 Å². The molecule has 0 radical (unpaired) electrons. The second-order valence-corrected chi connectivity index (χ2v) is 8.91. The number of benzene rings is 1. The lowest BCUT2D eigenvalue weighted by Gasteiger charge is -2.23. The van der Waals surface area contributed by atoms with Gasteiger partial charge in [-0.1, -0.05) is 0 Å². The molecule has 3 heterocycles. The highest BCUT2D eigenvalue weighted by molar-refractivity contribution is 5.61. The van der Waals surface area contributed by atoms with E-state index in [1.807, 2.05) is 0 Å². The molecule has 2 aromatic heterocycles. The molecule has 1 atom stereocenters. The van der Waals surface area contributed by atoms with E-state index in [0.717, 1.165) is 48.1 Å². The van der Waals surface area contributed by atoms with Crippen LogP contribution in [-0.4, -0.2) is 33.4 Å². The maximum atomic E-state index is 13.2. The number of rotatable bonds is 6. The van der Waals surface area contributed by atoms with E-state index in [-0.39, 0.29) is 22.9 Å². The summed E-state index contributed by atoms with van der Waals surface area (Å²) in [6.45, 7) is 1.14. The Labute approximate surface area is 204 Å². The zero-order valence-corrected chi connectivity index (χ0v) is 19.4. The summed E-state index contributed by atoms with van der Waals surface area (Å²) in [7, 11) is 0. The quantitative estimate of drug-likeness (QED) is 0.546. The molecule has 0 spiro atoms. The highest BCUT2D eigenvalue weighted by Crippen LogP contribution is 2.28. The van der Waals surface area contributed by atoms with Crippen LogP contribution in [0, 0.1) is 0 Å². The SMILES string of the molecule is O=c1c(Nc2nn(-c3ccc(OC(F)(F)F)cc3)c(=O)c3c2CCC3)cccn1C[C@@H]1CCCCO1. The van der Waals surface area contributed by atoms with Gasteiger partial charge in [-0.2, -0.15) is 4.68 Å². The fraction of sp³-hybridized carbons (Fsp3) is 0.400. The molecule has 1 aliphatic carbocycles. The molecule has 36 heavy (non-hydrogen) atoms. The van der Waals surface area contributed by atoms with Crippen molar-refractivity contribution in [3.05, 3.63) is 74.4 Å². The number of nitrogens with one attached hydrogen (secondary N) is 1. The second kappa shape index (κ2) is 9.81. The van der Waals surface area contributed by atoms with Crippen molar-refractivity contribution in [3.63, 3.8) is 0 Å². The minimum Gasteiger partial charge on any atom is -0.406 e. The Kier molecular flexibility index (Phi) is 6.57. The number of ether oxygens (including phenoxy) is 2. The summed E-state index contributed by atoms with van der Waals surface area (Å²) in [6, 6.07) is 8.34. The molecule has 1 N–H and O–H groups in total. The van der Waals surface area contributed by atoms with Gasteiger partial charge >= 0.3 is 6.36 Å². The van der Waals surface area contributed by atoms with Crippen molar-refractivity contribution < 1.29 is 22.6 Å². The predicted molar refractivity (Wildman–Crippen MR) is 126 cm³/mol. The Morgan fingerprint density at radius 2 is 1.81 bits per heavy atom. The van der Waals surface area contributed by atoms with E-state index in [1.54, 1.807) is 22.9 Å². The van der Waals surface area contributed by atoms with Crippen molar-refractivity contribution in [2.45, 2.75) is 57.5 Å². The summed E-state index contributed by atoms with van der Waals surface area (Å²) < 4.78 is 49.9. The van der Waals surface area contributed by atoms with Crippen LogP contribution in [0.15, 0.2) is 52.2 Å². The number of halogens is 3. The standard InChI is InChI=1S/C25H25F3N4O4/c26-25(27,28)36-17-11-9-16(10-12-17)32-23(33)20-7-3-6-19(20)22(30-32)29-21-8-4-13-31(24(21)34)15-18-5-1-2-14-35-18/h4,8-13,18H,1-3,5-7,14-15H2,(H,29,30)/t18-/m0/s1. The Morgan fingerprint density at radius 1 is 1.03 bits per heavy atom. The van der Waals surface area contributed by atoms with E-state index in [4.69, 9.17) is 4.74 Å². The van der Waals surface area contributed by atoms with Gasteiger partial charge in [0.15, 0.2) is 5.82 Å². The predicted octanol–water partition coefficient (Wildman–Crippen LogP) is 4.09. The molecule has 8 nitrogen and oxygen atoms in total. The third-order valence-corrected chi connectivity index (χ3v) is 6.42. The van der Waals surface area contributed by atoms with Crippen LogP contribution in [0.1, 0.15) is 36.8 Å². The number of aromatic nitrogens is 3. The number of nitrogens with zero attached hydrogens (tertiary/aromatic N) is 3. The number of pyridine rings is 1. The summed E-state index contributed by atoms with van der Waals surface area (Å²) in [5.74, 6) is -0.0212. The number of anilines is 2. The molecule has 5 rings (SSSR count). The minimum absolute atomic E-state index is 0.0136. The Bertz CT molecular complexity index is 1360. The van der Waals surface area contributed by atoms with Crippen molar-refractivity contribution in [1.29, 1.82) is 0 Å². The van der Waals surface area contributed by atoms with E-state index < -0.39 is 12.1 Å². The van der Waals surface area contributed by atoms with Crippen LogP contribution in [0.25, 0.3) is 5.69 Å². The molecule has 0 amide bonds. The molecule has 1 aliphatic heterocycles. The van der Waals surface area contributed by atoms with Crippen LogP contribution in [0.5, 0.6) is 5.75 Å². The Hall–Kier alpha value is -3.60. The summed E-state index contributed by atoms with van der Waals surface area (Å²) in [6.07, 6.45) is 1.84. The normalized spacial score (nSPS) is 17.6. The van der Waals surface area contributed by atoms with Crippen molar-refractivity contribution >= 4 is 11.5 Å². The molecule has 1 saturated heterocycles. The van der Waals surface area contributed by atoms with Crippen LogP contribution in [0.3, 0.4) is 0 Å². The van der Waals surface area contributed by atoms with Crippen molar-refractivity contribution in [1.82, 2.24) is 14.3 Å². The number of fused-ring (bicyclic) bond motifs is 1. The zero-order valence-electron chi connectivity index (χ0n) is 19.4. The number of hydrogen-bond acceptors (Lipinski definition) is 6. The molecular weight excluding hydrogens is 477 g/mol. The third kappa shape index (κ3) is 5.15. The van der Waals surface area contributed by atoms with E-state index in [9.17, 15) is 22.8 Å². The van der Waals surface area contributed by atoms with Crippen LogP contribution in [0.4, 0.5) is 24.7 Å². The van der Waals surface area contributed by atoms with Gasteiger partial charge < -0.3 is 19.4 Å². The third-order valence-electron chi connectivity index (χ3n) is 6.42. The molecule has 190 valence electrons. The van der Waals surface area contributed by atoms with Gasteiger partial charge in [0.05, 0.1) is 18.3 Å². The Morgan fingerprint density at radius 3 is 2.53 bits per heavy atom. The number of hydrogen-bond donors (Lipinski definition) is 1. The van der Waals surface area contributed by atoms with Gasteiger partial charge in [-0.25, -0.2) is 0 Å². The molecule has 2 aliphatic rings. The lowest BCUT2D eigenvalue weighted by atomic mass is 10.1. The second-order valence-electron chi connectivity index (χ2n) is 8.91. The van der Waals surface area contributed by atoms with Crippen molar-refractivity contribution in [2.75, 3.05) is 11.9 Å². The first kappa shape index (κ1) is 24.1. The van der Waals surface area contributed by atoms with Gasteiger partial charge in [-0.3, -0.25) is 9.59 Å². The fourth-order valence-electron chi connectivity index (χ4n) is 4.71. The molecule has 3 aromatic rings. The van der Waals surface area contributed by atoms with Crippen molar-refractivity contribution in [3.8, 4) is 11.4 Å². The first-order valence-corrected chi connectivity index (χ1v) is 11.9. The van der Waals surface area contributed by atoms with Crippen LogP contribution < -0.4 is 21.2 Å². The van der Waals surface area contributed by atoms with Crippen LogP contribution in [0.2, 0.25) is 0 Å². The van der Waals surface area contributed by atoms with E-state index in [0.29, 0.717) is 43.1 Å². The average Bonchev–Trinajstić information content (AvgIpc) is 3.35. The fourth-order valence-corrected chi connectivity index (χ4v) is 4.71. The van der Waals surface area contributed by atoms with Crippen molar-refractivity contribution in [2.24, 2.45) is 0 Å².